The predicted molar refractivity (Wildman–Crippen MR) is 136 cm³/mol. The van der Waals surface area contributed by atoms with Crippen LogP contribution in [0.2, 0.25) is 0 Å². The van der Waals surface area contributed by atoms with Gasteiger partial charge in [0, 0.05) is 21.8 Å². The van der Waals surface area contributed by atoms with E-state index in [2.05, 4.69) is 83.8 Å². The van der Waals surface area contributed by atoms with Crippen molar-refractivity contribution in [3.63, 3.8) is 0 Å². The van der Waals surface area contributed by atoms with Crippen molar-refractivity contribution in [1.29, 1.82) is 0 Å². The first-order chi connectivity index (χ1) is 15.8. The lowest BCUT2D eigenvalue weighted by molar-refractivity contribution is 0.104. The molecular formula is C29H21NOS. The number of nitrogens with zero attached hydrogens (tertiary/aromatic N) is 1. The smallest absolute Gasteiger partial charge is 0.185 e. The molecule has 0 saturated carbocycles. The molecule has 3 heteroatoms. The Balaban J connectivity index is 1.49. The lowest BCUT2D eigenvalue weighted by atomic mass is 10.1. The molecule has 5 rings (SSSR count). The van der Waals surface area contributed by atoms with Crippen LogP contribution in [0.25, 0.3) is 16.8 Å². The Morgan fingerprint density at radius 3 is 2.12 bits per heavy atom. The van der Waals surface area contributed by atoms with E-state index in [1.54, 1.807) is 17.4 Å². The number of allylic oxidation sites excluding steroid dienone is 1. The normalized spacial score (nSPS) is 11.1. The van der Waals surface area contributed by atoms with Gasteiger partial charge in [-0.05, 0) is 59.3 Å². The van der Waals surface area contributed by atoms with Crippen LogP contribution in [-0.2, 0) is 0 Å². The summed E-state index contributed by atoms with van der Waals surface area (Å²) in [6, 6.07) is 38.8. The first-order valence-corrected chi connectivity index (χ1v) is 11.3. The summed E-state index contributed by atoms with van der Waals surface area (Å²) in [6.45, 7) is 0. The van der Waals surface area contributed by atoms with Crippen molar-refractivity contribution in [3.8, 4) is 0 Å². The summed E-state index contributed by atoms with van der Waals surface area (Å²) in [7, 11) is 0. The minimum Gasteiger partial charge on any atom is -0.302 e. The standard InChI is InChI=1S/C29H21NOS/c31-28(23-10-3-1-4-11-23)19-17-27-18-20-29(32-27)30(25-13-5-2-6-14-25)26-16-15-22-9-7-8-12-24(22)21-26/h1-21H/b19-17+. The molecule has 0 aliphatic carbocycles. The molecule has 2 nitrogen and oxygen atoms in total. The fourth-order valence-corrected chi connectivity index (χ4v) is 4.66. The maximum absolute atomic E-state index is 12.4. The number of rotatable bonds is 6. The Hall–Kier alpha value is -3.95. The third-order valence-electron chi connectivity index (χ3n) is 5.30. The predicted octanol–water partition coefficient (Wildman–Crippen LogP) is 8.27. The van der Waals surface area contributed by atoms with Gasteiger partial charge in [-0.1, -0.05) is 78.9 Å². The number of carbonyl (C=O) groups excluding carboxylic acids is 1. The van der Waals surface area contributed by atoms with Crippen LogP contribution in [0.4, 0.5) is 16.4 Å². The van der Waals surface area contributed by atoms with Gasteiger partial charge in [-0.3, -0.25) is 4.79 Å². The SMILES string of the molecule is O=C(/C=C/c1ccc(N(c2ccccc2)c2ccc3ccccc3c2)s1)c1ccccc1. The van der Waals surface area contributed by atoms with Crippen molar-refractivity contribution in [1.82, 2.24) is 0 Å². The molecule has 154 valence electrons. The highest BCUT2D eigenvalue weighted by atomic mass is 32.1. The highest BCUT2D eigenvalue weighted by Crippen LogP contribution is 2.40. The summed E-state index contributed by atoms with van der Waals surface area (Å²) in [5.41, 5.74) is 2.90. The molecule has 0 radical (unpaired) electrons. The number of thiophene rings is 1. The van der Waals surface area contributed by atoms with Gasteiger partial charge in [0.2, 0.25) is 0 Å². The van der Waals surface area contributed by atoms with E-state index >= 15 is 0 Å². The molecule has 0 spiro atoms. The van der Waals surface area contributed by atoms with E-state index in [1.807, 2.05) is 42.5 Å². The fourth-order valence-electron chi connectivity index (χ4n) is 3.70. The third kappa shape index (κ3) is 4.25. The van der Waals surface area contributed by atoms with E-state index in [4.69, 9.17) is 0 Å². The Bertz CT molecular complexity index is 1390. The molecule has 0 saturated heterocycles. The van der Waals surface area contributed by atoms with Crippen molar-refractivity contribution >= 4 is 50.3 Å². The van der Waals surface area contributed by atoms with Crippen LogP contribution in [0.15, 0.2) is 121 Å². The molecule has 0 aliphatic heterocycles. The molecule has 5 aromatic rings. The van der Waals surface area contributed by atoms with Crippen LogP contribution >= 0.6 is 11.3 Å². The quantitative estimate of drug-likeness (QED) is 0.199. The van der Waals surface area contributed by atoms with Crippen molar-refractivity contribution in [2.75, 3.05) is 4.90 Å². The number of para-hydroxylation sites is 1. The summed E-state index contributed by atoms with van der Waals surface area (Å²) in [6.07, 6.45) is 3.54. The zero-order valence-corrected chi connectivity index (χ0v) is 18.2. The van der Waals surface area contributed by atoms with Crippen LogP contribution in [0, 0.1) is 0 Å². The molecule has 0 amide bonds. The highest BCUT2D eigenvalue weighted by Gasteiger charge is 2.14. The number of hydrogen-bond donors (Lipinski definition) is 0. The third-order valence-corrected chi connectivity index (χ3v) is 6.33. The molecule has 4 aromatic carbocycles. The molecule has 0 bridgehead atoms. The second-order valence-corrected chi connectivity index (χ2v) is 8.54. The molecular weight excluding hydrogens is 410 g/mol. The first-order valence-electron chi connectivity index (χ1n) is 10.5. The van der Waals surface area contributed by atoms with Gasteiger partial charge in [-0.15, -0.1) is 11.3 Å². The van der Waals surface area contributed by atoms with E-state index in [1.165, 1.54) is 10.8 Å². The number of anilines is 3. The lowest BCUT2D eigenvalue weighted by Crippen LogP contribution is -2.07. The first kappa shape index (κ1) is 20.0. The van der Waals surface area contributed by atoms with E-state index in [9.17, 15) is 4.79 Å². The largest absolute Gasteiger partial charge is 0.302 e. The van der Waals surface area contributed by atoms with E-state index in [0.29, 0.717) is 5.56 Å². The van der Waals surface area contributed by atoms with Gasteiger partial charge >= 0.3 is 0 Å². The van der Waals surface area contributed by atoms with E-state index < -0.39 is 0 Å². The summed E-state index contributed by atoms with van der Waals surface area (Å²) in [4.78, 5) is 15.7. The van der Waals surface area contributed by atoms with Gasteiger partial charge in [0.25, 0.3) is 0 Å². The second kappa shape index (κ2) is 9.04. The maximum atomic E-state index is 12.4. The minimum atomic E-state index is 0.00925. The summed E-state index contributed by atoms with van der Waals surface area (Å²) in [5.74, 6) is 0.00925. The average molecular weight is 432 g/mol. The van der Waals surface area contributed by atoms with Gasteiger partial charge in [-0.2, -0.15) is 0 Å². The Morgan fingerprint density at radius 2 is 1.34 bits per heavy atom. The fraction of sp³-hybridized carbons (Fsp3) is 0. The molecule has 0 aliphatic rings. The monoisotopic (exact) mass is 431 g/mol. The zero-order chi connectivity index (χ0) is 21.8. The molecule has 0 N–H and O–H groups in total. The lowest BCUT2D eigenvalue weighted by Gasteiger charge is -2.24. The Morgan fingerprint density at radius 1 is 0.656 bits per heavy atom. The number of hydrogen-bond acceptors (Lipinski definition) is 3. The van der Waals surface area contributed by atoms with Crippen LogP contribution in [-0.4, -0.2) is 5.78 Å². The van der Waals surface area contributed by atoms with Crippen molar-refractivity contribution in [2.45, 2.75) is 0 Å². The number of fused-ring (bicyclic) bond motifs is 1. The summed E-state index contributed by atoms with van der Waals surface area (Å²) in [5, 5.41) is 3.52. The molecule has 0 unspecified atom stereocenters. The molecule has 0 atom stereocenters. The van der Waals surface area contributed by atoms with E-state index in [-0.39, 0.29) is 5.78 Å². The second-order valence-electron chi connectivity index (χ2n) is 7.44. The van der Waals surface area contributed by atoms with Crippen molar-refractivity contribution < 1.29 is 4.79 Å². The van der Waals surface area contributed by atoms with Crippen LogP contribution in [0.5, 0.6) is 0 Å². The van der Waals surface area contributed by atoms with Crippen molar-refractivity contribution in [3.05, 3.63) is 132 Å². The average Bonchev–Trinajstić information content (AvgIpc) is 3.32. The number of benzene rings is 4. The van der Waals surface area contributed by atoms with Gasteiger partial charge in [0.15, 0.2) is 5.78 Å². The van der Waals surface area contributed by atoms with Gasteiger partial charge in [-0.25, -0.2) is 0 Å². The van der Waals surface area contributed by atoms with Gasteiger partial charge in [0.05, 0.1) is 0 Å². The highest BCUT2D eigenvalue weighted by molar-refractivity contribution is 7.17. The summed E-state index contributed by atoms with van der Waals surface area (Å²) < 4.78 is 0. The minimum absolute atomic E-state index is 0.00925. The number of ketones is 1. The van der Waals surface area contributed by atoms with Gasteiger partial charge in [0.1, 0.15) is 5.00 Å². The van der Waals surface area contributed by atoms with Gasteiger partial charge < -0.3 is 4.90 Å². The Labute approximate surface area is 191 Å². The molecule has 0 fully saturated rings. The summed E-state index contributed by atoms with van der Waals surface area (Å²) >= 11 is 1.66. The molecule has 1 heterocycles. The van der Waals surface area contributed by atoms with Crippen LogP contribution < -0.4 is 4.90 Å². The van der Waals surface area contributed by atoms with Crippen molar-refractivity contribution in [2.24, 2.45) is 0 Å². The number of carbonyl (C=O) groups is 1. The molecule has 1 aromatic heterocycles. The topological polar surface area (TPSA) is 20.3 Å². The Kier molecular flexibility index (Phi) is 5.65. The maximum Gasteiger partial charge on any atom is 0.185 e. The molecule has 32 heavy (non-hydrogen) atoms. The van der Waals surface area contributed by atoms with Crippen LogP contribution in [0.1, 0.15) is 15.2 Å². The zero-order valence-electron chi connectivity index (χ0n) is 17.4. The van der Waals surface area contributed by atoms with Crippen LogP contribution in [0.3, 0.4) is 0 Å². The van der Waals surface area contributed by atoms with E-state index in [0.717, 1.165) is 21.3 Å².